The van der Waals surface area contributed by atoms with Gasteiger partial charge in [0.15, 0.2) is 0 Å². The Kier molecular flexibility index (Phi) is 5.66. The second-order valence-electron chi connectivity index (χ2n) is 3.81. The first-order valence-corrected chi connectivity index (χ1v) is 5.51. The lowest BCUT2D eigenvalue weighted by Gasteiger charge is -2.11. The van der Waals surface area contributed by atoms with Crippen LogP contribution in [0.2, 0.25) is 0 Å². The number of carbonyl (C=O) groups is 2. The molecule has 110 valence electrons. The van der Waals surface area contributed by atoms with E-state index in [0.717, 1.165) is 5.56 Å². The van der Waals surface area contributed by atoms with E-state index in [1.165, 1.54) is 0 Å². The van der Waals surface area contributed by atoms with Gasteiger partial charge < -0.3 is 15.2 Å². The number of alkyl halides is 3. The first kappa shape index (κ1) is 16.1. The third-order valence-corrected chi connectivity index (χ3v) is 2.14. The van der Waals surface area contributed by atoms with E-state index in [1.54, 1.807) is 30.3 Å². The zero-order valence-electron chi connectivity index (χ0n) is 10.2. The van der Waals surface area contributed by atoms with Crippen LogP contribution in [0.1, 0.15) is 5.56 Å². The predicted molar refractivity (Wildman–Crippen MR) is 61.2 cm³/mol. The van der Waals surface area contributed by atoms with E-state index < -0.39 is 24.2 Å². The Bertz CT molecular complexity index is 462. The quantitative estimate of drug-likeness (QED) is 0.650. The minimum absolute atomic E-state index is 0.134. The Hall–Kier alpha value is -1.93. The number of hydrogen-bond donors (Lipinski definition) is 1. The molecule has 0 aliphatic rings. The highest BCUT2D eigenvalue weighted by Crippen LogP contribution is 2.16. The third-order valence-electron chi connectivity index (χ3n) is 2.14. The first-order valence-electron chi connectivity index (χ1n) is 5.51. The SMILES string of the molecule is N[C@H](COCc1ccccc1)C(=O)OC(=O)C(F)(F)F. The van der Waals surface area contributed by atoms with Gasteiger partial charge >= 0.3 is 18.1 Å². The molecular weight excluding hydrogens is 279 g/mol. The van der Waals surface area contributed by atoms with Crippen LogP contribution in [0.4, 0.5) is 13.2 Å². The van der Waals surface area contributed by atoms with Gasteiger partial charge in [0.1, 0.15) is 6.04 Å². The Morgan fingerprint density at radius 1 is 1.20 bits per heavy atom. The van der Waals surface area contributed by atoms with E-state index in [2.05, 4.69) is 4.74 Å². The van der Waals surface area contributed by atoms with Crippen LogP contribution in [0.25, 0.3) is 0 Å². The molecule has 2 N–H and O–H groups in total. The molecule has 0 aliphatic heterocycles. The molecule has 0 radical (unpaired) electrons. The summed E-state index contributed by atoms with van der Waals surface area (Å²) in [6, 6.07) is 7.40. The number of hydrogen-bond acceptors (Lipinski definition) is 5. The molecule has 0 aliphatic carbocycles. The molecule has 1 aromatic carbocycles. The Morgan fingerprint density at radius 3 is 2.35 bits per heavy atom. The number of rotatable bonds is 5. The molecule has 0 spiro atoms. The van der Waals surface area contributed by atoms with Crippen molar-refractivity contribution in [1.82, 2.24) is 0 Å². The van der Waals surface area contributed by atoms with Crippen molar-refractivity contribution in [3.8, 4) is 0 Å². The van der Waals surface area contributed by atoms with Crippen molar-refractivity contribution in [3.05, 3.63) is 35.9 Å². The molecular formula is C12H12F3NO4. The summed E-state index contributed by atoms with van der Waals surface area (Å²) >= 11 is 0. The summed E-state index contributed by atoms with van der Waals surface area (Å²) < 4.78 is 44.2. The molecule has 1 rings (SSSR count). The highest BCUT2D eigenvalue weighted by Gasteiger charge is 2.43. The first-order chi connectivity index (χ1) is 9.30. The maximum Gasteiger partial charge on any atom is 0.491 e. The minimum Gasteiger partial charge on any atom is -0.385 e. The average Bonchev–Trinajstić information content (AvgIpc) is 2.38. The van der Waals surface area contributed by atoms with Crippen LogP contribution in [0.5, 0.6) is 0 Å². The van der Waals surface area contributed by atoms with E-state index in [0.29, 0.717) is 0 Å². The summed E-state index contributed by atoms with van der Waals surface area (Å²) in [6.45, 7) is -0.228. The number of benzene rings is 1. The summed E-state index contributed by atoms with van der Waals surface area (Å²) in [5.74, 6) is -4.08. The highest BCUT2D eigenvalue weighted by atomic mass is 19.4. The zero-order chi connectivity index (χ0) is 15.2. The number of halogens is 3. The molecule has 0 amide bonds. The molecule has 0 fully saturated rings. The summed E-state index contributed by atoms with van der Waals surface area (Å²) in [6.07, 6.45) is -5.24. The van der Waals surface area contributed by atoms with Gasteiger partial charge in [-0.15, -0.1) is 0 Å². The smallest absolute Gasteiger partial charge is 0.385 e. The fraction of sp³-hybridized carbons (Fsp3) is 0.333. The summed E-state index contributed by atoms with van der Waals surface area (Å²) in [5.41, 5.74) is 6.06. The number of esters is 2. The largest absolute Gasteiger partial charge is 0.491 e. The lowest BCUT2D eigenvalue weighted by molar-refractivity contribution is -0.202. The molecule has 20 heavy (non-hydrogen) atoms. The Labute approximate surface area is 112 Å². The van der Waals surface area contributed by atoms with Crippen molar-refractivity contribution >= 4 is 11.9 Å². The number of carbonyl (C=O) groups excluding carboxylic acids is 2. The van der Waals surface area contributed by atoms with Crippen molar-refractivity contribution in [3.63, 3.8) is 0 Å². The van der Waals surface area contributed by atoms with Gasteiger partial charge in [-0.1, -0.05) is 30.3 Å². The second kappa shape index (κ2) is 7.01. The van der Waals surface area contributed by atoms with Gasteiger partial charge in [-0.2, -0.15) is 13.2 Å². The molecule has 0 unspecified atom stereocenters. The van der Waals surface area contributed by atoms with E-state index in [-0.39, 0.29) is 13.2 Å². The fourth-order valence-electron chi connectivity index (χ4n) is 1.17. The molecule has 1 aromatic rings. The van der Waals surface area contributed by atoms with Crippen LogP contribution in [-0.4, -0.2) is 30.8 Å². The third kappa shape index (κ3) is 5.37. The van der Waals surface area contributed by atoms with E-state index in [4.69, 9.17) is 10.5 Å². The van der Waals surface area contributed by atoms with Crippen molar-refractivity contribution in [1.29, 1.82) is 0 Å². The van der Waals surface area contributed by atoms with Crippen LogP contribution < -0.4 is 5.73 Å². The molecule has 0 bridgehead atoms. The van der Waals surface area contributed by atoms with E-state index in [1.807, 2.05) is 0 Å². The fourth-order valence-corrected chi connectivity index (χ4v) is 1.17. The molecule has 5 nitrogen and oxygen atoms in total. The second-order valence-corrected chi connectivity index (χ2v) is 3.81. The molecule has 0 saturated carbocycles. The van der Waals surface area contributed by atoms with E-state index in [9.17, 15) is 22.8 Å². The van der Waals surface area contributed by atoms with Gasteiger partial charge in [0.2, 0.25) is 0 Å². The molecule has 0 heterocycles. The normalized spacial score (nSPS) is 12.8. The molecule has 0 aromatic heterocycles. The van der Waals surface area contributed by atoms with Crippen LogP contribution >= 0.6 is 0 Å². The van der Waals surface area contributed by atoms with Gasteiger partial charge in [-0.25, -0.2) is 9.59 Å². The van der Waals surface area contributed by atoms with Crippen LogP contribution in [0.3, 0.4) is 0 Å². The van der Waals surface area contributed by atoms with Crippen molar-refractivity contribution in [2.75, 3.05) is 6.61 Å². The lowest BCUT2D eigenvalue weighted by atomic mass is 10.2. The van der Waals surface area contributed by atoms with Crippen LogP contribution in [0, 0.1) is 0 Å². The van der Waals surface area contributed by atoms with Crippen LogP contribution in [0.15, 0.2) is 30.3 Å². The zero-order valence-corrected chi connectivity index (χ0v) is 10.2. The van der Waals surface area contributed by atoms with Gasteiger partial charge in [0, 0.05) is 0 Å². The summed E-state index contributed by atoms with van der Waals surface area (Å²) in [4.78, 5) is 21.5. The van der Waals surface area contributed by atoms with Crippen LogP contribution in [-0.2, 0) is 25.7 Å². The van der Waals surface area contributed by atoms with Gasteiger partial charge in [-0.05, 0) is 5.56 Å². The topological polar surface area (TPSA) is 78.6 Å². The molecule has 0 saturated heterocycles. The minimum atomic E-state index is -5.24. The van der Waals surface area contributed by atoms with Gasteiger partial charge in [0.05, 0.1) is 13.2 Å². The lowest BCUT2D eigenvalue weighted by Crippen LogP contribution is -2.40. The summed E-state index contributed by atoms with van der Waals surface area (Å²) in [5, 5.41) is 0. The monoisotopic (exact) mass is 291 g/mol. The van der Waals surface area contributed by atoms with Crippen molar-refractivity contribution in [2.45, 2.75) is 18.8 Å². The molecule has 8 heteroatoms. The molecule has 1 atom stereocenters. The van der Waals surface area contributed by atoms with Crippen molar-refractivity contribution in [2.24, 2.45) is 5.73 Å². The average molecular weight is 291 g/mol. The number of nitrogens with two attached hydrogens (primary N) is 1. The number of ether oxygens (including phenoxy) is 2. The highest BCUT2D eigenvalue weighted by molar-refractivity contribution is 5.90. The van der Waals surface area contributed by atoms with Crippen molar-refractivity contribution < 1.29 is 32.2 Å². The maximum absolute atomic E-state index is 11.8. The predicted octanol–water partition coefficient (Wildman–Crippen LogP) is 1.16. The van der Waals surface area contributed by atoms with E-state index >= 15 is 0 Å². The van der Waals surface area contributed by atoms with Gasteiger partial charge in [0.25, 0.3) is 0 Å². The Morgan fingerprint density at radius 2 is 1.80 bits per heavy atom. The van der Waals surface area contributed by atoms with Gasteiger partial charge in [-0.3, -0.25) is 0 Å². The Balaban J connectivity index is 2.34. The standard InChI is InChI=1S/C12H12F3NO4/c13-12(14,15)11(18)20-10(17)9(16)7-19-6-8-4-2-1-3-5-8/h1-5,9H,6-7,16H2/t9-/m1/s1. The summed E-state index contributed by atoms with van der Waals surface area (Å²) in [7, 11) is 0. The maximum atomic E-state index is 11.8.